The molecule has 0 bridgehead atoms. The van der Waals surface area contributed by atoms with Gasteiger partial charge in [-0.15, -0.1) is 0 Å². The summed E-state index contributed by atoms with van der Waals surface area (Å²) < 4.78 is 35.3. The fourth-order valence-electron chi connectivity index (χ4n) is 3.81. The summed E-state index contributed by atoms with van der Waals surface area (Å²) in [6.45, 7) is 0. The van der Waals surface area contributed by atoms with E-state index in [4.69, 9.17) is 27.8 Å². The molecule has 2 aromatic rings. The van der Waals surface area contributed by atoms with Gasteiger partial charge in [-0.05, 0) is 31.7 Å². The number of guanidine groups is 2. The van der Waals surface area contributed by atoms with E-state index in [1.807, 2.05) is 0 Å². The number of anilines is 1. The van der Waals surface area contributed by atoms with Gasteiger partial charge in [0.1, 0.15) is 16.6 Å². The number of benzene rings is 1. The summed E-state index contributed by atoms with van der Waals surface area (Å²) in [6.07, 6.45) is 5.39. The van der Waals surface area contributed by atoms with Crippen molar-refractivity contribution < 1.29 is 13.5 Å². The Morgan fingerprint density at radius 3 is 2.55 bits per heavy atom. The van der Waals surface area contributed by atoms with Crippen molar-refractivity contribution in [3.05, 3.63) is 47.2 Å². The van der Waals surface area contributed by atoms with Gasteiger partial charge in [0.25, 0.3) is 0 Å². The summed E-state index contributed by atoms with van der Waals surface area (Å²) in [4.78, 5) is 13.7. The average Bonchev–Trinajstić information content (AvgIpc) is 2.65. The molecule has 2 aliphatic rings. The molecule has 1 saturated carbocycles. The van der Waals surface area contributed by atoms with E-state index in [1.54, 1.807) is 0 Å². The van der Waals surface area contributed by atoms with Crippen molar-refractivity contribution in [3.8, 4) is 11.5 Å². The molecule has 2 heterocycles. The zero-order chi connectivity index (χ0) is 20.6. The van der Waals surface area contributed by atoms with Crippen LogP contribution in [-0.2, 0) is 0 Å². The van der Waals surface area contributed by atoms with Crippen molar-refractivity contribution in [1.29, 1.82) is 0 Å². The molecule has 10 heteroatoms. The summed E-state index contributed by atoms with van der Waals surface area (Å²) in [5.74, 6) is -1.53. The van der Waals surface area contributed by atoms with Crippen molar-refractivity contribution in [2.45, 2.75) is 37.8 Å². The highest BCUT2D eigenvalue weighted by Crippen LogP contribution is 2.41. The number of pyridine rings is 1. The second-order valence-electron chi connectivity index (χ2n) is 6.97. The molecule has 0 amide bonds. The summed E-state index contributed by atoms with van der Waals surface area (Å²) in [5, 5.41) is 0.173. The van der Waals surface area contributed by atoms with Crippen LogP contribution in [0.4, 0.5) is 14.5 Å². The van der Waals surface area contributed by atoms with Gasteiger partial charge in [0.15, 0.2) is 17.4 Å². The van der Waals surface area contributed by atoms with Crippen LogP contribution in [0.2, 0.25) is 5.15 Å². The number of hydrogen-bond acceptors (Lipinski definition) is 7. The van der Waals surface area contributed by atoms with Gasteiger partial charge in [-0.2, -0.15) is 4.99 Å². The van der Waals surface area contributed by atoms with Gasteiger partial charge in [-0.1, -0.05) is 18.0 Å². The zero-order valence-corrected chi connectivity index (χ0v) is 16.2. The Kier molecular flexibility index (Phi) is 4.99. The fourth-order valence-corrected chi connectivity index (χ4v) is 3.98. The molecular formula is C19H19ClF2N6O. The molecule has 1 aliphatic carbocycles. The van der Waals surface area contributed by atoms with Crippen LogP contribution in [0, 0.1) is 11.6 Å². The third-order valence-electron chi connectivity index (χ3n) is 5.02. The summed E-state index contributed by atoms with van der Waals surface area (Å²) >= 11 is 5.80. The Morgan fingerprint density at radius 1 is 1.07 bits per heavy atom. The Bertz CT molecular complexity index is 1010. The monoisotopic (exact) mass is 420 g/mol. The van der Waals surface area contributed by atoms with Crippen LogP contribution in [0.5, 0.6) is 11.5 Å². The first-order valence-electron chi connectivity index (χ1n) is 9.16. The van der Waals surface area contributed by atoms with Crippen LogP contribution in [0.1, 0.15) is 32.1 Å². The molecule has 7 nitrogen and oxygen atoms in total. The summed E-state index contributed by atoms with van der Waals surface area (Å²) in [7, 11) is 0. The number of halogens is 3. The molecule has 1 aromatic carbocycles. The Hall–Kier alpha value is -2.94. The smallest absolute Gasteiger partial charge is 0.220 e. The second kappa shape index (κ2) is 7.47. The van der Waals surface area contributed by atoms with Crippen LogP contribution in [-0.4, -0.2) is 22.6 Å². The van der Waals surface area contributed by atoms with E-state index in [9.17, 15) is 4.39 Å². The molecule has 1 fully saturated rings. The van der Waals surface area contributed by atoms with Gasteiger partial charge in [0, 0.05) is 24.4 Å². The average molecular weight is 421 g/mol. The van der Waals surface area contributed by atoms with Gasteiger partial charge < -0.3 is 16.2 Å². The lowest BCUT2D eigenvalue weighted by Gasteiger charge is -2.45. The van der Waals surface area contributed by atoms with Gasteiger partial charge in [-0.25, -0.2) is 18.8 Å². The topological polar surface area (TPSA) is 102 Å². The number of rotatable bonds is 3. The highest BCUT2D eigenvalue weighted by molar-refractivity contribution is 6.29. The summed E-state index contributed by atoms with van der Waals surface area (Å²) in [6, 6.07) is 4.88. The van der Waals surface area contributed by atoms with Crippen molar-refractivity contribution in [1.82, 2.24) is 4.98 Å². The Balaban J connectivity index is 1.73. The van der Waals surface area contributed by atoms with Gasteiger partial charge >= 0.3 is 0 Å². The molecule has 0 saturated heterocycles. The molecule has 0 atom stereocenters. The number of ether oxygens (including phenoxy) is 1. The number of nitrogens with zero attached hydrogens (tertiary/aromatic N) is 4. The minimum Gasteiger partial charge on any atom is -0.454 e. The standard InChI is InChI=1S/C19H19ClF2N6O/c20-16-8-11(4-7-25-16)29-15-10-12(21)14(9-13(15)22)28-18(24)26-17(23)27-19(28)5-2-1-3-6-19/h4,7-10H,1-3,5-6H2,(H4,23,24,26,27). The molecule has 0 unspecified atom stereocenters. The lowest BCUT2D eigenvalue weighted by molar-refractivity contribution is 0.303. The van der Waals surface area contributed by atoms with Gasteiger partial charge in [-0.3, -0.25) is 4.90 Å². The fraction of sp³-hybridized carbons (Fsp3) is 0.316. The number of hydrogen-bond donors (Lipinski definition) is 2. The quantitative estimate of drug-likeness (QED) is 0.733. The van der Waals surface area contributed by atoms with Crippen molar-refractivity contribution in [2.75, 3.05) is 4.90 Å². The van der Waals surface area contributed by atoms with Crippen LogP contribution < -0.4 is 21.1 Å². The molecule has 1 spiro atoms. The van der Waals surface area contributed by atoms with Crippen molar-refractivity contribution >= 4 is 29.2 Å². The summed E-state index contributed by atoms with van der Waals surface area (Å²) in [5.41, 5.74) is 11.0. The molecule has 1 aromatic heterocycles. The van der Waals surface area contributed by atoms with E-state index in [1.165, 1.54) is 23.2 Å². The first-order valence-corrected chi connectivity index (χ1v) is 9.54. The third-order valence-corrected chi connectivity index (χ3v) is 5.23. The van der Waals surface area contributed by atoms with Crippen LogP contribution in [0.3, 0.4) is 0 Å². The minimum absolute atomic E-state index is 0.0210. The molecule has 29 heavy (non-hydrogen) atoms. The maximum absolute atomic E-state index is 15.1. The third kappa shape index (κ3) is 3.69. The van der Waals surface area contributed by atoms with Crippen LogP contribution >= 0.6 is 11.6 Å². The Labute approximate surface area is 171 Å². The van der Waals surface area contributed by atoms with Gasteiger partial charge in [0.2, 0.25) is 11.9 Å². The number of aromatic nitrogens is 1. The van der Waals surface area contributed by atoms with Crippen LogP contribution in [0.15, 0.2) is 40.4 Å². The van der Waals surface area contributed by atoms with E-state index < -0.39 is 17.3 Å². The van der Waals surface area contributed by atoms with E-state index in [2.05, 4.69) is 15.0 Å². The van der Waals surface area contributed by atoms with Gasteiger partial charge in [0.05, 0.1) is 5.69 Å². The number of nitrogens with two attached hydrogens (primary N) is 2. The number of aliphatic imine (C=N–C) groups is 2. The highest BCUT2D eigenvalue weighted by Gasteiger charge is 2.43. The molecule has 0 radical (unpaired) electrons. The molecular weight excluding hydrogens is 402 g/mol. The molecule has 4 N–H and O–H groups in total. The molecule has 4 rings (SSSR count). The Morgan fingerprint density at radius 2 is 1.83 bits per heavy atom. The van der Waals surface area contributed by atoms with E-state index >= 15 is 4.39 Å². The SMILES string of the molecule is NC1=NC2(CCCCC2)N(c2cc(F)c(Oc3ccnc(Cl)c3)cc2F)C(N)=N1. The molecule has 1 aliphatic heterocycles. The van der Waals surface area contributed by atoms with E-state index in [0.717, 1.165) is 31.4 Å². The first kappa shape index (κ1) is 19.4. The van der Waals surface area contributed by atoms with E-state index in [0.29, 0.717) is 12.8 Å². The maximum Gasteiger partial charge on any atom is 0.220 e. The largest absolute Gasteiger partial charge is 0.454 e. The second-order valence-corrected chi connectivity index (χ2v) is 7.36. The predicted molar refractivity (Wildman–Crippen MR) is 107 cm³/mol. The predicted octanol–water partition coefficient (Wildman–Crippen LogP) is 3.92. The van der Waals surface area contributed by atoms with Crippen molar-refractivity contribution in [3.63, 3.8) is 0 Å². The lowest BCUT2D eigenvalue weighted by Crippen LogP contribution is -2.58. The first-order chi connectivity index (χ1) is 13.9. The van der Waals surface area contributed by atoms with Crippen molar-refractivity contribution in [2.24, 2.45) is 21.5 Å². The van der Waals surface area contributed by atoms with Crippen LogP contribution in [0.25, 0.3) is 0 Å². The minimum atomic E-state index is -0.873. The maximum atomic E-state index is 15.1. The van der Waals surface area contributed by atoms with E-state index in [-0.39, 0.29) is 34.3 Å². The normalized spacial score (nSPS) is 18.4. The molecule has 152 valence electrons. The zero-order valence-electron chi connectivity index (χ0n) is 15.4. The lowest BCUT2D eigenvalue weighted by atomic mass is 9.87. The highest BCUT2D eigenvalue weighted by atomic mass is 35.5.